The van der Waals surface area contributed by atoms with E-state index in [0.29, 0.717) is 5.92 Å². The third-order valence-corrected chi connectivity index (χ3v) is 3.59. The molecule has 0 aromatic heterocycles. The molecule has 3 atom stereocenters. The van der Waals surface area contributed by atoms with Crippen molar-refractivity contribution in [2.45, 2.75) is 33.6 Å². The van der Waals surface area contributed by atoms with Crippen LogP contribution in [0.15, 0.2) is 0 Å². The molecule has 1 rings (SSSR count). The molecule has 1 aliphatic heterocycles. The Balaban J connectivity index is 2.26. The van der Waals surface area contributed by atoms with Crippen LogP contribution in [-0.4, -0.2) is 25.5 Å². The van der Waals surface area contributed by atoms with Gasteiger partial charge < -0.3 is 10.6 Å². The van der Waals surface area contributed by atoms with Crippen molar-refractivity contribution in [3.63, 3.8) is 0 Å². The van der Waals surface area contributed by atoms with Gasteiger partial charge in [-0.2, -0.15) is 0 Å². The molecular weight excluding hydrogens is 188 g/mol. The van der Waals surface area contributed by atoms with Crippen molar-refractivity contribution in [2.24, 2.45) is 17.8 Å². The topological polar surface area (TPSA) is 41.1 Å². The minimum atomic E-state index is 0.150. The summed E-state index contributed by atoms with van der Waals surface area (Å²) in [7, 11) is 0. The van der Waals surface area contributed by atoms with Crippen LogP contribution in [0, 0.1) is 17.8 Å². The molecule has 0 spiro atoms. The highest BCUT2D eigenvalue weighted by molar-refractivity contribution is 5.78. The Morgan fingerprint density at radius 2 is 2.33 bits per heavy atom. The van der Waals surface area contributed by atoms with Gasteiger partial charge in [0.25, 0.3) is 0 Å². The van der Waals surface area contributed by atoms with Crippen LogP contribution in [-0.2, 0) is 4.79 Å². The second-order valence-corrected chi connectivity index (χ2v) is 4.78. The lowest BCUT2D eigenvalue weighted by Crippen LogP contribution is -2.43. The average Bonchev–Trinajstić information content (AvgIpc) is 2.26. The van der Waals surface area contributed by atoms with E-state index < -0.39 is 0 Å². The van der Waals surface area contributed by atoms with Crippen molar-refractivity contribution in [2.75, 3.05) is 19.6 Å². The van der Waals surface area contributed by atoms with Gasteiger partial charge in [-0.25, -0.2) is 0 Å². The maximum Gasteiger partial charge on any atom is 0.222 e. The first kappa shape index (κ1) is 12.5. The molecule has 0 saturated carbocycles. The van der Waals surface area contributed by atoms with Gasteiger partial charge in [0.15, 0.2) is 0 Å². The monoisotopic (exact) mass is 212 g/mol. The summed E-state index contributed by atoms with van der Waals surface area (Å²) in [4.78, 5) is 11.6. The van der Waals surface area contributed by atoms with Crippen LogP contribution >= 0.6 is 0 Å². The second-order valence-electron chi connectivity index (χ2n) is 4.78. The number of rotatable bonds is 4. The summed E-state index contributed by atoms with van der Waals surface area (Å²) in [6, 6.07) is 0. The largest absolute Gasteiger partial charge is 0.356 e. The zero-order valence-corrected chi connectivity index (χ0v) is 10.2. The van der Waals surface area contributed by atoms with Crippen molar-refractivity contribution in [3.05, 3.63) is 0 Å². The Hall–Kier alpha value is -0.570. The third kappa shape index (κ3) is 3.82. The fraction of sp³-hybridized carbons (Fsp3) is 0.917. The Morgan fingerprint density at radius 1 is 1.60 bits per heavy atom. The Labute approximate surface area is 93.0 Å². The maximum atomic E-state index is 11.6. The van der Waals surface area contributed by atoms with Crippen LogP contribution in [0.1, 0.15) is 33.6 Å². The maximum absolute atomic E-state index is 11.6. The molecule has 3 nitrogen and oxygen atoms in total. The second kappa shape index (κ2) is 6.11. The van der Waals surface area contributed by atoms with Gasteiger partial charge >= 0.3 is 0 Å². The van der Waals surface area contributed by atoms with Crippen LogP contribution in [0.2, 0.25) is 0 Å². The molecule has 1 aliphatic rings. The zero-order chi connectivity index (χ0) is 11.3. The summed E-state index contributed by atoms with van der Waals surface area (Å²) in [5, 5.41) is 6.44. The molecule has 2 N–H and O–H groups in total. The molecule has 15 heavy (non-hydrogen) atoms. The fourth-order valence-electron chi connectivity index (χ4n) is 1.92. The van der Waals surface area contributed by atoms with Crippen molar-refractivity contribution in [1.82, 2.24) is 10.6 Å². The summed E-state index contributed by atoms with van der Waals surface area (Å²) in [5.74, 6) is 1.68. The summed E-state index contributed by atoms with van der Waals surface area (Å²) in [5.41, 5.74) is 0. The van der Waals surface area contributed by atoms with E-state index in [-0.39, 0.29) is 11.8 Å². The summed E-state index contributed by atoms with van der Waals surface area (Å²) in [6.45, 7) is 9.31. The Morgan fingerprint density at radius 3 is 2.93 bits per heavy atom. The third-order valence-electron chi connectivity index (χ3n) is 3.59. The SMILES string of the molecule is CCC(C)C(=O)NCC1CNCCC1C. The van der Waals surface area contributed by atoms with Crippen LogP contribution in [0.25, 0.3) is 0 Å². The van der Waals surface area contributed by atoms with Gasteiger partial charge in [0, 0.05) is 12.5 Å². The van der Waals surface area contributed by atoms with Gasteiger partial charge in [-0.1, -0.05) is 20.8 Å². The van der Waals surface area contributed by atoms with Crippen molar-refractivity contribution >= 4 is 5.91 Å². The van der Waals surface area contributed by atoms with E-state index >= 15 is 0 Å². The smallest absolute Gasteiger partial charge is 0.222 e. The molecule has 0 bridgehead atoms. The molecule has 1 fully saturated rings. The molecule has 0 aromatic rings. The van der Waals surface area contributed by atoms with E-state index in [4.69, 9.17) is 0 Å². The summed E-state index contributed by atoms with van der Waals surface area (Å²) >= 11 is 0. The van der Waals surface area contributed by atoms with Gasteiger partial charge in [-0.05, 0) is 37.8 Å². The molecule has 1 heterocycles. The minimum absolute atomic E-state index is 0.150. The molecule has 0 radical (unpaired) electrons. The van der Waals surface area contributed by atoms with Gasteiger partial charge in [-0.3, -0.25) is 4.79 Å². The van der Waals surface area contributed by atoms with E-state index in [9.17, 15) is 4.79 Å². The van der Waals surface area contributed by atoms with E-state index in [0.717, 1.165) is 32.0 Å². The van der Waals surface area contributed by atoms with Crippen molar-refractivity contribution in [3.8, 4) is 0 Å². The summed E-state index contributed by atoms with van der Waals surface area (Å²) < 4.78 is 0. The average molecular weight is 212 g/mol. The van der Waals surface area contributed by atoms with Crippen LogP contribution in [0.3, 0.4) is 0 Å². The number of amides is 1. The molecule has 0 aromatic carbocycles. The van der Waals surface area contributed by atoms with E-state index in [2.05, 4.69) is 24.5 Å². The van der Waals surface area contributed by atoms with Gasteiger partial charge in [0.05, 0.1) is 0 Å². The normalized spacial score (nSPS) is 28.5. The first-order chi connectivity index (χ1) is 7.15. The number of nitrogens with one attached hydrogen (secondary N) is 2. The molecule has 3 heteroatoms. The standard InChI is InChI=1S/C12H24N2O/c1-4-9(2)12(15)14-8-11-7-13-6-5-10(11)3/h9-11,13H,4-8H2,1-3H3,(H,14,15). The first-order valence-electron chi connectivity index (χ1n) is 6.13. The van der Waals surface area contributed by atoms with E-state index in [1.165, 1.54) is 6.42 Å². The Kier molecular flexibility index (Phi) is 5.09. The number of hydrogen-bond donors (Lipinski definition) is 2. The fourth-order valence-corrected chi connectivity index (χ4v) is 1.92. The van der Waals surface area contributed by atoms with E-state index in [1.807, 2.05) is 6.92 Å². The lowest BCUT2D eigenvalue weighted by atomic mass is 9.88. The van der Waals surface area contributed by atoms with Crippen molar-refractivity contribution < 1.29 is 4.79 Å². The van der Waals surface area contributed by atoms with E-state index in [1.54, 1.807) is 0 Å². The summed E-state index contributed by atoms with van der Waals surface area (Å²) in [6.07, 6.45) is 2.15. The number of hydrogen-bond acceptors (Lipinski definition) is 2. The first-order valence-corrected chi connectivity index (χ1v) is 6.13. The highest BCUT2D eigenvalue weighted by Gasteiger charge is 2.21. The zero-order valence-electron chi connectivity index (χ0n) is 10.2. The van der Waals surface area contributed by atoms with Crippen LogP contribution < -0.4 is 10.6 Å². The van der Waals surface area contributed by atoms with Crippen LogP contribution in [0.5, 0.6) is 0 Å². The molecule has 1 amide bonds. The Bertz CT molecular complexity index is 206. The molecule has 0 aliphatic carbocycles. The number of piperidine rings is 1. The van der Waals surface area contributed by atoms with Gasteiger partial charge in [-0.15, -0.1) is 0 Å². The molecule has 3 unspecified atom stereocenters. The molecule has 88 valence electrons. The highest BCUT2D eigenvalue weighted by Crippen LogP contribution is 2.17. The molecule has 1 saturated heterocycles. The molecular formula is C12H24N2O. The predicted molar refractivity (Wildman–Crippen MR) is 62.6 cm³/mol. The number of carbonyl (C=O) groups is 1. The lowest BCUT2D eigenvalue weighted by molar-refractivity contribution is -0.124. The predicted octanol–water partition coefficient (Wildman–Crippen LogP) is 1.39. The van der Waals surface area contributed by atoms with Gasteiger partial charge in [0.1, 0.15) is 0 Å². The number of carbonyl (C=O) groups excluding carboxylic acids is 1. The quantitative estimate of drug-likeness (QED) is 0.739. The lowest BCUT2D eigenvalue weighted by Gasteiger charge is -2.29. The van der Waals surface area contributed by atoms with Gasteiger partial charge in [0.2, 0.25) is 5.91 Å². The van der Waals surface area contributed by atoms with Crippen LogP contribution in [0.4, 0.5) is 0 Å². The van der Waals surface area contributed by atoms with Crippen molar-refractivity contribution in [1.29, 1.82) is 0 Å². The highest BCUT2D eigenvalue weighted by atomic mass is 16.1. The minimum Gasteiger partial charge on any atom is -0.356 e.